The van der Waals surface area contributed by atoms with Crippen molar-refractivity contribution in [3.63, 3.8) is 0 Å². The average molecular weight is 212 g/mol. The minimum absolute atomic E-state index is 0.884. The van der Waals surface area contributed by atoms with Gasteiger partial charge in [0.1, 0.15) is 0 Å². The number of hydrogen-bond acceptors (Lipinski definition) is 0. The molecule has 0 spiro atoms. The summed E-state index contributed by atoms with van der Waals surface area (Å²) in [5.41, 5.74) is 0. The Balaban J connectivity index is 3.42. The van der Waals surface area contributed by atoms with Gasteiger partial charge in [-0.3, -0.25) is 0 Å². The lowest BCUT2D eigenvalue weighted by Crippen LogP contribution is -2.04. The molecule has 0 aromatic carbocycles. The van der Waals surface area contributed by atoms with Crippen LogP contribution in [0.5, 0.6) is 0 Å². The standard InChI is InChI=1S/C15H32/c1-6-7-10-14(4)12-15(5)11-8-9-13(2)3/h13-15H,6-12H2,1-5H3. The van der Waals surface area contributed by atoms with Gasteiger partial charge in [-0.05, 0) is 24.2 Å². The molecule has 0 aromatic heterocycles. The Morgan fingerprint density at radius 2 is 1.27 bits per heavy atom. The van der Waals surface area contributed by atoms with Crippen molar-refractivity contribution in [2.75, 3.05) is 0 Å². The van der Waals surface area contributed by atoms with Crippen molar-refractivity contribution < 1.29 is 0 Å². The molecule has 15 heavy (non-hydrogen) atoms. The molecule has 0 aliphatic carbocycles. The van der Waals surface area contributed by atoms with E-state index in [4.69, 9.17) is 0 Å². The van der Waals surface area contributed by atoms with Crippen LogP contribution in [0.15, 0.2) is 0 Å². The normalized spacial score (nSPS) is 15.6. The third-order valence-electron chi connectivity index (χ3n) is 3.33. The number of unbranched alkanes of at least 4 members (excludes halogenated alkanes) is 1. The first-order chi connectivity index (χ1) is 7.06. The largest absolute Gasteiger partial charge is 0.0654 e. The molecule has 0 amide bonds. The monoisotopic (exact) mass is 212 g/mol. The van der Waals surface area contributed by atoms with E-state index < -0.39 is 0 Å². The van der Waals surface area contributed by atoms with Gasteiger partial charge in [-0.15, -0.1) is 0 Å². The zero-order chi connectivity index (χ0) is 11.7. The molecule has 0 fully saturated rings. The summed E-state index contributed by atoms with van der Waals surface area (Å²) in [6.45, 7) is 11.8. The highest BCUT2D eigenvalue weighted by molar-refractivity contribution is 4.61. The molecule has 0 nitrogen and oxygen atoms in total. The maximum Gasteiger partial charge on any atom is -0.0440 e. The van der Waals surface area contributed by atoms with Crippen LogP contribution in [0, 0.1) is 17.8 Å². The maximum atomic E-state index is 2.43. The fourth-order valence-electron chi connectivity index (χ4n) is 2.35. The lowest BCUT2D eigenvalue weighted by molar-refractivity contribution is 0.354. The Hall–Kier alpha value is 0. The molecule has 0 N–H and O–H groups in total. The molecule has 0 bridgehead atoms. The zero-order valence-corrected chi connectivity index (χ0v) is 11.7. The first-order valence-electron chi connectivity index (χ1n) is 7.06. The Morgan fingerprint density at radius 3 is 1.73 bits per heavy atom. The first kappa shape index (κ1) is 15.0. The van der Waals surface area contributed by atoms with Crippen molar-refractivity contribution in [1.82, 2.24) is 0 Å². The quantitative estimate of drug-likeness (QED) is 0.462. The van der Waals surface area contributed by atoms with Crippen LogP contribution in [-0.4, -0.2) is 0 Å². The van der Waals surface area contributed by atoms with E-state index in [-0.39, 0.29) is 0 Å². The summed E-state index contributed by atoms with van der Waals surface area (Å²) in [5, 5.41) is 0. The van der Waals surface area contributed by atoms with Crippen LogP contribution in [0.25, 0.3) is 0 Å². The van der Waals surface area contributed by atoms with Gasteiger partial charge < -0.3 is 0 Å². The molecular weight excluding hydrogens is 180 g/mol. The zero-order valence-electron chi connectivity index (χ0n) is 11.7. The van der Waals surface area contributed by atoms with Crippen LogP contribution in [-0.2, 0) is 0 Å². The fraction of sp³-hybridized carbons (Fsp3) is 1.00. The predicted octanol–water partition coefficient (Wildman–Crippen LogP) is 5.67. The Morgan fingerprint density at radius 1 is 0.733 bits per heavy atom. The van der Waals surface area contributed by atoms with Crippen LogP contribution in [0.4, 0.5) is 0 Å². The van der Waals surface area contributed by atoms with E-state index in [1.807, 2.05) is 0 Å². The third kappa shape index (κ3) is 10.3. The summed E-state index contributed by atoms with van der Waals surface area (Å²) >= 11 is 0. The van der Waals surface area contributed by atoms with Crippen molar-refractivity contribution in [1.29, 1.82) is 0 Å². The van der Waals surface area contributed by atoms with Crippen molar-refractivity contribution in [2.24, 2.45) is 17.8 Å². The second-order valence-corrected chi connectivity index (χ2v) is 5.91. The summed E-state index contributed by atoms with van der Waals surface area (Å²) in [5.74, 6) is 2.77. The Kier molecular flexibility index (Phi) is 9.24. The molecule has 2 atom stereocenters. The summed E-state index contributed by atoms with van der Waals surface area (Å²) < 4.78 is 0. The Bertz CT molecular complexity index is 126. The van der Waals surface area contributed by atoms with Crippen molar-refractivity contribution in [2.45, 2.75) is 79.6 Å². The van der Waals surface area contributed by atoms with Crippen molar-refractivity contribution >= 4 is 0 Å². The summed E-state index contributed by atoms with van der Waals surface area (Å²) in [6, 6.07) is 0. The molecule has 0 heterocycles. The summed E-state index contributed by atoms with van der Waals surface area (Å²) in [6.07, 6.45) is 9.93. The molecule has 2 unspecified atom stereocenters. The van der Waals surface area contributed by atoms with Crippen LogP contribution >= 0.6 is 0 Å². The highest BCUT2D eigenvalue weighted by Crippen LogP contribution is 2.22. The van der Waals surface area contributed by atoms with E-state index in [9.17, 15) is 0 Å². The molecule has 0 saturated carbocycles. The molecule has 0 aromatic rings. The van der Waals surface area contributed by atoms with Gasteiger partial charge in [0.2, 0.25) is 0 Å². The first-order valence-corrected chi connectivity index (χ1v) is 7.06. The third-order valence-corrected chi connectivity index (χ3v) is 3.33. The van der Waals surface area contributed by atoms with Gasteiger partial charge in [0.25, 0.3) is 0 Å². The van der Waals surface area contributed by atoms with Crippen molar-refractivity contribution in [3.05, 3.63) is 0 Å². The van der Waals surface area contributed by atoms with E-state index >= 15 is 0 Å². The smallest absolute Gasteiger partial charge is 0.0440 e. The molecule has 0 saturated heterocycles. The SMILES string of the molecule is CCCCC(C)CC(C)CCCC(C)C. The van der Waals surface area contributed by atoms with E-state index in [2.05, 4.69) is 34.6 Å². The Labute approximate surface area is 97.8 Å². The number of rotatable bonds is 9. The van der Waals surface area contributed by atoms with Crippen LogP contribution < -0.4 is 0 Å². The van der Waals surface area contributed by atoms with Crippen LogP contribution in [0.2, 0.25) is 0 Å². The van der Waals surface area contributed by atoms with E-state index in [0.717, 1.165) is 17.8 Å². The minimum atomic E-state index is 0.884. The highest BCUT2D eigenvalue weighted by atomic mass is 14.1. The van der Waals surface area contributed by atoms with E-state index in [1.54, 1.807) is 0 Å². The average Bonchev–Trinajstić information content (AvgIpc) is 2.14. The van der Waals surface area contributed by atoms with Crippen molar-refractivity contribution in [3.8, 4) is 0 Å². The second-order valence-electron chi connectivity index (χ2n) is 5.91. The molecular formula is C15H32. The van der Waals surface area contributed by atoms with Gasteiger partial charge in [-0.2, -0.15) is 0 Å². The predicted molar refractivity (Wildman–Crippen MR) is 71.2 cm³/mol. The van der Waals surface area contributed by atoms with Gasteiger partial charge in [-0.1, -0.05) is 73.1 Å². The van der Waals surface area contributed by atoms with Gasteiger partial charge in [0, 0.05) is 0 Å². The molecule has 0 aliphatic heterocycles. The topological polar surface area (TPSA) is 0 Å². The molecule has 0 heteroatoms. The summed E-state index contributed by atoms with van der Waals surface area (Å²) in [4.78, 5) is 0. The van der Waals surface area contributed by atoms with E-state index in [1.165, 1.54) is 44.9 Å². The van der Waals surface area contributed by atoms with Gasteiger partial charge in [-0.25, -0.2) is 0 Å². The molecule has 92 valence electrons. The lowest BCUT2D eigenvalue weighted by atomic mass is 9.89. The van der Waals surface area contributed by atoms with Gasteiger partial charge in [0.05, 0.1) is 0 Å². The lowest BCUT2D eigenvalue weighted by Gasteiger charge is -2.17. The molecule has 0 aliphatic rings. The fourth-order valence-corrected chi connectivity index (χ4v) is 2.35. The minimum Gasteiger partial charge on any atom is -0.0654 e. The van der Waals surface area contributed by atoms with Gasteiger partial charge >= 0.3 is 0 Å². The van der Waals surface area contributed by atoms with Gasteiger partial charge in [0.15, 0.2) is 0 Å². The molecule has 0 rings (SSSR count). The number of hydrogen-bond donors (Lipinski definition) is 0. The van der Waals surface area contributed by atoms with E-state index in [0.29, 0.717) is 0 Å². The maximum absolute atomic E-state index is 2.43. The van der Waals surface area contributed by atoms with Crippen LogP contribution in [0.3, 0.4) is 0 Å². The second kappa shape index (κ2) is 9.24. The molecule has 0 radical (unpaired) electrons. The summed E-state index contributed by atoms with van der Waals surface area (Å²) in [7, 11) is 0. The highest BCUT2D eigenvalue weighted by Gasteiger charge is 2.08. The van der Waals surface area contributed by atoms with Crippen LogP contribution in [0.1, 0.15) is 79.6 Å².